The lowest BCUT2D eigenvalue weighted by Gasteiger charge is -2.30. The van der Waals surface area contributed by atoms with Crippen molar-refractivity contribution in [3.63, 3.8) is 0 Å². The molecule has 0 radical (unpaired) electrons. The summed E-state index contributed by atoms with van der Waals surface area (Å²) in [7, 11) is 3.85. The van der Waals surface area contributed by atoms with Gasteiger partial charge in [-0.05, 0) is 31.4 Å². The molecule has 2 N–H and O–H groups in total. The third-order valence-corrected chi connectivity index (χ3v) is 4.78. The lowest BCUT2D eigenvalue weighted by atomic mass is 9.88. The average molecular weight is 307 g/mol. The number of rotatable bonds is 8. The summed E-state index contributed by atoms with van der Waals surface area (Å²) < 4.78 is 11.2. The molecule has 1 aliphatic heterocycles. The highest BCUT2D eigenvalue weighted by Crippen LogP contribution is 2.32. The van der Waals surface area contributed by atoms with E-state index in [1.54, 1.807) is 7.11 Å². The maximum absolute atomic E-state index is 6.09. The average Bonchev–Trinajstić information content (AvgIpc) is 3.25. The Hall–Kier alpha value is -0.880. The normalized spacial score (nSPS) is 29.8. The Balaban J connectivity index is 1.67. The Morgan fingerprint density at radius 2 is 2.23 bits per heavy atom. The molecular formula is C17H29N3O2. The molecule has 5 nitrogen and oxygen atoms in total. The third kappa shape index (κ3) is 3.71. The molecule has 1 saturated carbocycles. The van der Waals surface area contributed by atoms with E-state index in [0.717, 1.165) is 31.9 Å². The van der Waals surface area contributed by atoms with Gasteiger partial charge in [0.25, 0.3) is 0 Å². The first kappa shape index (κ1) is 16.0. The first-order valence-corrected chi connectivity index (χ1v) is 8.46. The quantitative estimate of drug-likeness (QED) is 0.665. The largest absolute Gasteiger partial charge is 0.497 e. The number of hydrogen-bond donors (Lipinski definition) is 2. The highest BCUT2D eigenvalue weighted by molar-refractivity contribution is 5.35. The van der Waals surface area contributed by atoms with Crippen molar-refractivity contribution in [2.45, 2.75) is 44.3 Å². The Kier molecular flexibility index (Phi) is 5.18. The summed E-state index contributed by atoms with van der Waals surface area (Å²) >= 11 is 0. The van der Waals surface area contributed by atoms with Crippen molar-refractivity contribution < 1.29 is 9.47 Å². The van der Waals surface area contributed by atoms with Gasteiger partial charge in [0.15, 0.2) is 0 Å². The minimum Gasteiger partial charge on any atom is -0.497 e. The van der Waals surface area contributed by atoms with E-state index < -0.39 is 0 Å². The van der Waals surface area contributed by atoms with Gasteiger partial charge in [-0.25, -0.2) is 5.01 Å². The van der Waals surface area contributed by atoms with Crippen LogP contribution in [0, 0.1) is 5.92 Å². The van der Waals surface area contributed by atoms with Gasteiger partial charge in [-0.1, -0.05) is 6.08 Å². The second kappa shape index (κ2) is 7.13. The molecule has 3 rings (SSSR count). The Labute approximate surface area is 133 Å². The highest BCUT2D eigenvalue weighted by Gasteiger charge is 2.37. The standard InChI is InChI=1S/C17H29N3O2/c1-12(19-14-5-6-14)13-9-16-15(11-18-20(16)2)17(10-13)22-8-4-7-21-3/h9-10,12,14-16,18-19H,4-8,11H2,1-3H3. The van der Waals surface area contributed by atoms with Gasteiger partial charge in [-0.15, -0.1) is 0 Å². The molecule has 124 valence electrons. The Bertz CT molecular complexity index is 445. The van der Waals surface area contributed by atoms with Crippen LogP contribution in [0.25, 0.3) is 0 Å². The van der Waals surface area contributed by atoms with Gasteiger partial charge < -0.3 is 14.8 Å². The Morgan fingerprint density at radius 1 is 1.41 bits per heavy atom. The van der Waals surface area contributed by atoms with E-state index in [9.17, 15) is 0 Å². The third-order valence-electron chi connectivity index (χ3n) is 4.78. The SMILES string of the molecule is COCCCOC1=CC(C(C)NC2CC2)=CC2C1CNN2C. The lowest BCUT2D eigenvalue weighted by molar-refractivity contribution is 0.126. The van der Waals surface area contributed by atoms with E-state index in [1.807, 2.05) is 0 Å². The van der Waals surface area contributed by atoms with E-state index in [4.69, 9.17) is 9.47 Å². The van der Waals surface area contributed by atoms with E-state index in [-0.39, 0.29) is 0 Å². The zero-order valence-electron chi connectivity index (χ0n) is 14.0. The van der Waals surface area contributed by atoms with Gasteiger partial charge in [0.1, 0.15) is 5.76 Å². The second-order valence-corrected chi connectivity index (χ2v) is 6.64. The Morgan fingerprint density at radius 3 is 2.95 bits per heavy atom. The topological polar surface area (TPSA) is 45.8 Å². The van der Waals surface area contributed by atoms with Crippen LogP contribution in [0.15, 0.2) is 23.5 Å². The van der Waals surface area contributed by atoms with Crippen molar-refractivity contribution in [3.05, 3.63) is 23.5 Å². The molecule has 2 fully saturated rings. The van der Waals surface area contributed by atoms with E-state index >= 15 is 0 Å². The first-order valence-electron chi connectivity index (χ1n) is 8.46. The first-order chi connectivity index (χ1) is 10.7. The van der Waals surface area contributed by atoms with Crippen LogP contribution in [0.1, 0.15) is 26.2 Å². The number of hydrazine groups is 1. The van der Waals surface area contributed by atoms with Crippen LogP contribution in [-0.4, -0.2) is 57.1 Å². The molecule has 22 heavy (non-hydrogen) atoms. The molecule has 1 heterocycles. The van der Waals surface area contributed by atoms with Crippen molar-refractivity contribution in [3.8, 4) is 0 Å². The van der Waals surface area contributed by atoms with Crippen molar-refractivity contribution in [2.24, 2.45) is 5.92 Å². The number of nitrogens with one attached hydrogen (secondary N) is 2. The summed E-state index contributed by atoms with van der Waals surface area (Å²) in [5.41, 5.74) is 4.78. The monoisotopic (exact) mass is 307 g/mol. The molecule has 0 bridgehead atoms. The fourth-order valence-electron chi connectivity index (χ4n) is 3.26. The lowest BCUT2D eigenvalue weighted by Crippen LogP contribution is -2.37. The van der Waals surface area contributed by atoms with Crippen molar-refractivity contribution >= 4 is 0 Å². The molecule has 2 aliphatic carbocycles. The molecule has 0 aromatic carbocycles. The number of methoxy groups -OCH3 is 1. The number of hydrogen-bond acceptors (Lipinski definition) is 5. The molecule has 1 saturated heterocycles. The molecule has 0 aromatic heterocycles. The zero-order chi connectivity index (χ0) is 15.5. The molecule has 3 aliphatic rings. The smallest absolute Gasteiger partial charge is 0.103 e. The van der Waals surface area contributed by atoms with Gasteiger partial charge in [-0.2, -0.15) is 0 Å². The minimum atomic E-state index is 0.389. The predicted octanol–water partition coefficient (Wildman–Crippen LogP) is 1.44. The van der Waals surface area contributed by atoms with Crippen LogP contribution in [0.5, 0.6) is 0 Å². The molecule has 0 spiro atoms. The summed E-state index contributed by atoms with van der Waals surface area (Å²) in [4.78, 5) is 0. The van der Waals surface area contributed by atoms with Crippen LogP contribution in [0.2, 0.25) is 0 Å². The molecule has 0 aromatic rings. The fraction of sp³-hybridized carbons (Fsp3) is 0.765. The van der Waals surface area contributed by atoms with Crippen molar-refractivity contribution in [1.29, 1.82) is 0 Å². The number of nitrogens with zero attached hydrogens (tertiary/aromatic N) is 1. The molecule has 0 amide bonds. The van der Waals surface area contributed by atoms with E-state index in [1.165, 1.54) is 18.4 Å². The zero-order valence-corrected chi connectivity index (χ0v) is 14.0. The van der Waals surface area contributed by atoms with Crippen LogP contribution in [-0.2, 0) is 9.47 Å². The molecular weight excluding hydrogens is 278 g/mol. The molecule has 3 unspecified atom stereocenters. The van der Waals surface area contributed by atoms with Crippen molar-refractivity contribution in [1.82, 2.24) is 15.8 Å². The van der Waals surface area contributed by atoms with Gasteiger partial charge >= 0.3 is 0 Å². The molecule has 3 atom stereocenters. The maximum Gasteiger partial charge on any atom is 0.103 e. The second-order valence-electron chi connectivity index (χ2n) is 6.64. The van der Waals surface area contributed by atoms with Gasteiger partial charge in [-0.3, -0.25) is 5.43 Å². The van der Waals surface area contributed by atoms with Gasteiger partial charge in [0.2, 0.25) is 0 Å². The summed E-state index contributed by atoms with van der Waals surface area (Å²) in [6.07, 6.45) is 8.22. The van der Waals surface area contributed by atoms with E-state index in [0.29, 0.717) is 24.0 Å². The highest BCUT2D eigenvalue weighted by atomic mass is 16.5. The van der Waals surface area contributed by atoms with Crippen LogP contribution >= 0.6 is 0 Å². The maximum atomic E-state index is 6.09. The summed E-state index contributed by atoms with van der Waals surface area (Å²) in [5, 5.41) is 5.90. The van der Waals surface area contributed by atoms with Crippen LogP contribution in [0.3, 0.4) is 0 Å². The number of ether oxygens (including phenoxy) is 2. The summed E-state index contributed by atoms with van der Waals surface area (Å²) in [6.45, 7) is 4.68. The van der Waals surface area contributed by atoms with Gasteiger partial charge in [0.05, 0.1) is 18.6 Å². The van der Waals surface area contributed by atoms with E-state index in [2.05, 4.69) is 41.9 Å². The van der Waals surface area contributed by atoms with Gasteiger partial charge in [0, 0.05) is 45.8 Å². The summed E-state index contributed by atoms with van der Waals surface area (Å²) in [6, 6.07) is 1.49. The minimum absolute atomic E-state index is 0.389. The fourth-order valence-corrected chi connectivity index (χ4v) is 3.26. The number of fused-ring (bicyclic) bond motifs is 1. The molecule has 5 heteroatoms. The summed E-state index contributed by atoms with van der Waals surface area (Å²) in [5.74, 6) is 1.55. The number of likely N-dealkylation sites (N-methyl/N-ethyl adjacent to an activating group) is 1. The van der Waals surface area contributed by atoms with Crippen LogP contribution in [0.4, 0.5) is 0 Å². The van der Waals surface area contributed by atoms with Crippen molar-refractivity contribution in [2.75, 3.05) is 33.9 Å². The van der Waals surface area contributed by atoms with Crippen LogP contribution < -0.4 is 10.7 Å². The predicted molar refractivity (Wildman–Crippen MR) is 87.3 cm³/mol.